The lowest BCUT2D eigenvalue weighted by molar-refractivity contribution is 0.0336. The number of likely N-dealkylation sites (N-methyl/N-ethyl adjacent to an activating group) is 1. The van der Waals surface area contributed by atoms with Crippen LogP contribution in [0.5, 0.6) is 0 Å². The van der Waals surface area contributed by atoms with Gasteiger partial charge in [-0.05, 0) is 26.9 Å². The first-order valence-electron chi connectivity index (χ1n) is 6.81. The Balaban J connectivity index is 2.53. The van der Waals surface area contributed by atoms with Crippen molar-refractivity contribution < 1.29 is 5.11 Å². The molecule has 2 N–H and O–H groups in total. The van der Waals surface area contributed by atoms with Gasteiger partial charge in [0.15, 0.2) is 0 Å². The molecule has 19 heavy (non-hydrogen) atoms. The quantitative estimate of drug-likeness (QED) is 0.773. The highest BCUT2D eigenvalue weighted by Gasteiger charge is 2.21. The second-order valence-electron chi connectivity index (χ2n) is 6.21. The monoisotopic (exact) mass is 268 g/mol. The molecule has 0 radical (unpaired) electrons. The zero-order valence-electron chi connectivity index (χ0n) is 13.1. The van der Waals surface area contributed by atoms with E-state index in [9.17, 15) is 5.11 Å². The first-order chi connectivity index (χ1) is 8.71. The average Bonchev–Trinajstić information content (AvgIpc) is 2.57. The number of aromatic nitrogens is 2. The van der Waals surface area contributed by atoms with Crippen LogP contribution < -0.4 is 5.32 Å². The summed E-state index contributed by atoms with van der Waals surface area (Å²) in [4.78, 5) is 1.99. The van der Waals surface area contributed by atoms with Crippen LogP contribution in [-0.4, -0.2) is 52.6 Å². The van der Waals surface area contributed by atoms with E-state index >= 15 is 0 Å². The summed E-state index contributed by atoms with van der Waals surface area (Å²) in [6.45, 7) is 8.10. The molecule has 1 aromatic heterocycles. The maximum Gasteiger partial charge on any atom is 0.0869 e. The Bertz CT molecular complexity index is 396. The number of hydrogen-bond donors (Lipinski definition) is 2. The van der Waals surface area contributed by atoms with Crippen molar-refractivity contribution in [2.75, 3.05) is 27.2 Å². The maximum absolute atomic E-state index is 10.2. The number of rotatable bonds is 7. The molecule has 1 atom stereocenters. The summed E-state index contributed by atoms with van der Waals surface area (Å²) in [5.74, 6) is 0.417. The van der Waals surface area contributed by atoms with Crippen molar-refractivity contribution in [3.05, 3.63) is 17.5 Å². The molecule has 0 bridgehead atoms. The number of nitrogens with one attached hydrogen (secondary N) is 1. The van der Waals surface area contributed by atoms with E-state index in [2.05, 4.69) is 24.3 Å². The van der Waals surface area contributed by atoms with Gasteiger partial charge in [-0.2, -0.15) is 5.10 Å². The van der Waals surface area contributed by atoms with Crippen molar-refractivity contribution in [3.8, 4) is 0 Å². The van der Waals surface area contributed by atoms with Crippen LogP contribution in [0.25, 0.3) is 0 Å². The van der Waals surface area contributed by atoms with Crippen LogP contribution in [0, 0.1) is 0 Å². The minimum absolute atomic E-state index is 0.417. The first-order valence-corrected chi connectivity index (χ1v) is 6.81. The number of nitrogens with zero attached hydrogens (tertiary/aromatic N) is 3. The predicted molar refractivity (Wildman–Crippen MR) is 78.2 cm³/mol. The summed E-state index contributed by atoms with van der Waals surface area (Å²) in [6, 6.07) is 0. The summed E-state index contributed by atoms with van der Waals surface area (Å²) >= 11 is 0. The molecule has 0 saturated carbocycles. The molecule has 0 aromatic carbocycles. The number of hydrogen-bond acceptors (Lipinski definition) is 4. The molecule has 0 saturated heterocycles. The van der Waals surface area contributed by atoms with Gasteiger partial charge in [0.2, 0.25) is 0 Å². The molecule has 1 unspecified atom stereocenters. The van der Waals surface area contributed by atoms with E-state index in [4.69, 9.17) is 0 Å². The Labute approximate surface area is 116 Å². The molecule has 5 heteroatoms. The van der Waals surface area contributed by atoms with E-state index in [1.165, 1.54) is 5.56 Å². The lowest BCUT2D eigenvalue weighted by atomic mass is 10.0. The van der Waals surface area contributed by atoms with Gasteiger partial charge in [0.05, 0.1) is 11.3 Å². The Morgan fingerprint density at radius 1 is 1.47 bits per heavy atom. The van der Waals surface area contributed by atoms with Gasteiger partial charge in [0.25, 0.3) is 0 Å². The predicted octanol–water partition coefficient (Wildman–Crippen LogP) is 0.946. The average molecular weight is 268 g/mol. The van der Waals surface area contributed by atoms with E-state index in [0.29, 0.717) is 19.0 Å². The third-order valence-electron chi connectivity index (χ3n) is 2.96. The smallest absolute Gasteiger partial charge is 0.0869 e. The van der Waals surface area contributed by atoms with Crippen molar-refractivity contribution in [1.82, 2.24) is 20.0 Å². The summed E-state index contributed by atoms with van der Waals surface area (Å²) in [5, 5.41) is 18.0. The summed E-state index contributed by atoms with van der Waals surface area (Å²) in [6.07, 6.45) is 2.04. The zero-order valence-corrected chi connectivity index (χ0v) is 13.1. The fourth-order valence-electron chi connectivity index (χ4n) is 2.38. The summed E-state index contributed by atoms with van der Waals surface area (Å²) < 4.78 is 1.85. The second-order valence-corrected chi connectivity index (χ2v) is 6.21. The minimum Gasteiger partial charge on any atom is -0.388 e. The fraction of sp³-hybridized carbons (Fsp3) is 0.786. The second kappa shape index (κ2) is 6.50. The topological polar surface area (TPSA) is 53.3 Å². The van der Waals surface area contributed by atoms with Crippen LogP contribution in [0.2, 0.25) is 0 Å². The number of aryl methyl sites for hydroxylation is 1. The molecule has 0 amide bonds. The van der Waals surface area contributed by atoms with Gasteiger partial charge in [0.1, 0.15) is 0 Å². The van der Waals surface area contributed by atoms with Crippen molar-refractivity contribution in [3.63, 3.8) is 0 Å². The van der Waals surface area contributed by atoms with Gasteiger partial charge in [-0.15, -0.1) is 0 Å². The molecular formula is C14H28N4O. The van der Waals surface area contributed by atoms with Crippen LogP contribution >= 0.6 is 0 Å². The van der Waals surface area contributed by atoms with Gasteiger partial charge >= 0.3 is 0 Å². The Morgan fingerprint density at radius 2 is 2.11 bits per heavy atom. The van der Waals surface area contributed by atoms with Crippen molar-refractivity contribution in [2.45, 2.75) is 38.8 Å². The SMILES string of the molecule is CC(C)c1nn(C)cc1CNCC(C)(O)CN(C)C. The third-order valence-corrected chi connectivity index (χ3v) is 2.96. The van der Waals surface area contributed by atoms with Crippen molar-refractivity contribution in [2.24, 2.45) is 7.05 Å². The molecule has 0 aliphatic carbocycles. The van der Waals surface area contributed by atoms with Gasteiger partial charge in [-0.25, -0.2) is 0 Å². The number of aliphatic hydroxyl groups is 1. The fourth-order valence-corrected chi connectivity index (χ4v) is 2.38. The molecule has 0 spiro atoms. The Hall–Kier alpha value is -0.910. The highest BCUT2D eigenvalue weighted by molar-refractivity contribution is 5.20. The van der Waals surface area contributed by atoms with Crippen LogP contribution in [0.1, 0.15) is 37.9 Å². The summed E-state index contributed by atoms with van der Waals surface area (Å²) in [7, 11) is 5.87. The molecule has 5 nitrogen and oxygen atoms in total. The molecule has 1 rings (SSSR count). The van der Waals surface area contributed by atoms with Crippen LogP contribution in [0.4, 0.5) is 0 Å². The van der Waals surface area contributed by atoms with Gasteiger partial charge < -0.3 is 15.3 Å². The lowest BCUT2D eigenvalue weighted by Gasteiger charge is -2.27. The molecule has 0 aliphatic heterocycles. The van der Waals surface area contributed by atoms with Crippen LogP contribution in [0.3, 0.4) is 0 Å². The summed E-state index contributed by atoms with van der Waals surface area (Å²) in [5.41, 5.74) is 1.62. The van der Waals surface area contributed by atoms with E-state index in [-0.39, 0.29) is 0 Å². The van der Waals surface area contributed by atoms with Crippen LogP contribution in [0.15, 0.2) is 6.20 Å². The molecular weight excluding hydrogens is 240 g/mol. The largest absolute Gasteiger partial charge is 0.388 e. The normalized spacial score (nSPS) is 15.2. The molecule has 0 fully saturated rings. The Morgan fingerprint density at radius 3 is 2.63 bits per heavy atom. The zero-order chi connectivity index (χ0) is 14.6. The highest BCUT2D eigenvalue weighted by Crippen LogP contribution is 2.17. The maximum atomic E-state index is 10.2. The molecule has 1 heterocycles. The van der Waals surface area contributed by atoms with E-state index in [1.54, 1.807) is 0 Å². The minimum atomic E-state index is -0.719. The van der Waals surface area contributed by atoms with E-state index in [1.807, 2.05) is 43.8 Å². The first kappa shape index (κ1) is 16.1. The molecule has 1 aromatic rings. The molecule has 0 aliphatic rings. The standard InChI is InChI=1S/C14H28N4O/c1-11(2)13-12(8-18(6)16-13)7-15-9-14(3,19)10-17(4)5/h8,11,15,19H,7,9-10H2,1-6H3. The van der Waals surface area contributed by atoms with Crippen molar-refractivity contribution >= 4 is 0 Å². The van der Waals surface area contributed by atoms with Crippen LogP contribution in [-0.2, 0) is 13.6 Å². The van der Waals surface area contributed by atoms with E-state index in [0.717, 1.165) is 12.2 Å². The molecule has 110 valence electrons. The van der Waals surface area contributed by atoms with Gasteiger partial charge in [-0.1, -0.05) is 13.8 Å². The highest BCUT2D eigenvalue weighted by atomic mass is 16.3. The Kier molecular flexibility index (Phi) is 5.52. The van der Waals surface area contributed by atoms with Gasteiger partial charge in [0, 0.05) is 38.4 Å². The van der Waals surface area contributed by atoms with E-state index < -0.39 is 5.60 Å². The van der Waals surface area contributed by atoms with Gasteiger partial charge in [-0.3, -0.25) is 4.68 Å². The lowest BCUT2D eigenvalue weighted by Crippen LogP contribution is -2.45. The third kappa shape index (κ3) is 5.30. The van der Waals surface area contributed by atoms with Crippen molar-refractivity contribution in [1.29, 1.82) is 0 Å².